The standard InChI is InChI=1S/C22H25N3O2.ClH/c1-4-6-7-16-9-11-17(12-10-16)25-20-18-13-8-15(3)24-21(18)23-14-19(20)22(26)27-5-2;/h8-14H,4-7H2,1-3H3,(H,23,24,25);1H. The number of nitrogens with zero attached hydrogens (tertiary/aromatic N) is 2. The van der Waals surface area contributed by atoms with Gasteiger partial charge in [0.05, 0.1) is 12.3 Å². The molecule has 28 heavy (non-hydrogen) atoms. The minimum Gasteiger partial charge on any atom is -0.462 e. The highest BCUT2D eigenvalue weighted by atomic mass is 35.5. The molecule has 0 aliphatic heterocycles. The summed E-state index contributed by atoms with van der Waals surface area (Å²) in [5.41, 5.74) is 4.78. The highest BCUT2D eigenvalue weighted by Crippen LogP contribution is 2.29. The maximum atomic E-state index is 12.4. The Hall–Kier alpha value is -2.66. The van der Waals surface area contributed by atoms with Crippen molar-refractivity contribution in [1.29, 1.82) is 0 Å². The summed E-state index contributed by atoms with van der Waals surface area (Å²) in [7, 11) is 0. The summed E-state index contributed by atoms with van der Waals surface area (Å²) in [6, 6.07) is 12.2. The maximum absolute atomic E-state index is 12.4. The summed E-state index contributed by atoms with van der Waals surface area (Å²) >= 11 is 0. The second-order valence-electron chi connectivity index (χ2n) is 6.52. The SMILES string of the molecule is CCCCc1ccc(Nc2c(C(=O)OCC)cnc3nc(C)ccc23)cc1.Cl. The van der Waals surface area contributed by atoms with Crippen molar-refractivity contribution < 1.29 is 9.53 Å². The number of fused-ring (bicyclic) bond motifs is 1. The number of aromatic nitrogens is 2. The lowest BCUT2D eigenvalue weighted by atomic mass is 10.1. The van der Waals surface area contributed by atoms with E-state index in [9.17, 15) is 4.79 Å². The number of nitrogens with one attached hydrogen (secondary N) is 1. The third kappa shape index (κ3) is 4.98. The number of ether oxygens (including phenoxy) is 1. The van der Waals surface area contributed by atoms with Gasteiger partial charge in [0.2, 0.25) is 0 Å². The quantitative estimate of drug-likeness (QED) is 0.522. The van der Waals surface area contributed by atoms with Crippen LogP contribution in [0.4, 0.5) is 11.4 Å². The molecule has 0 unspecified atom stereocenters. The number of esters is 1. The van der Waals surface area contributed by atoms with Gasteiger partial charge in [0, 0.05) is 23.0 Å². The minimum atomic E-state index is -0.394. The molecule has 0 aliphatic rings. The van der Waals surface area contributed by atoms with Crippen molar-refractivity contribution >= 4 is 40.8 Å². The Balaban J connectivity index is 0.00000280. The van der Waals surface area contributed by atoms with E-state index >= 15 is 0 Å². The summed E-state index contributed by atoms with van der Waals surface area (Å²) < 4.78 is 5.20. The maximum Gasteiger partial charge on any atom is 0.341 e. The molecule has 0 saturated carbocycles. The fourth-order valence-corrected chi connectivity index (χ4v) is 2.95. The Morgan fingerprint density at radius 1 is 1.11 bits per heavy atom. The molecule has 0 bridgehead atoms. The first-order valence-corrected chi connectivity index (χ1v) is 9.41. The van der Waals surface area contributed by atoms with Gasteiger partial charge in [0.25, 0.3) is 0 Å². The molecule has 0 fully saturated rings. The van der Waals surface area contributed by atoms with Gasteiger partial charge in [-0.3, -0.25) is 0 Å². The average molecular weight is 400 g/mol. The van der Waals surface area contributed by atoms with E-state index in [4.69, 9.17) is 4.74 Å². The van der Waals surface area contributed by atoms with Gasteiger partial charge in [0.15, 0.2) is 5.65 Å². The zero-order valence-corrected chi connectivity index (χ0v) is 17.3. The first-order valence-electron chi connectivity index (χ1n) is 9.41. The lowest BCUT2D eigenvalue weighted by Gasteiger charge is -2.14. The van der Waals surface area contributed by atoms with Crippen molar-refractivity contribution in [2.45, 2.75) is 40.0 Å². The molecule has 0 spiro atoms. The van der Waals surface area contributed by atoms with Crippen LogP contribution in [0.2, 0.25) is 0 Å². The Morgan fingerprint density at radius 3 is 2.54 bits per heavy atom. The van der Waals surface area contributed by atoms with E-state index in [-0.39, 0.29) is 12.4 Å². The number of halogens is 1. The van der Waals surface area contributed by atoms with E-state index in [1.807, 2.05) is 31.2 Å². The first kappa shape index (κ1) is 21.6. The summed E-state index contributed by atoms with van der Waals surface area (Å²) in [6.07, 6.45) is 4.97. The van der Waals surface area contributed by atoms with Crippen LogP contribution >= 0.6 is 12.4 Å². The van der Waals surface area contributed by atoms with Crippen LogP contribution in [0.1, 0.15) is 48.3 Å². The summed E-state index contributed by atoms with van der Waals surface area (Å²) in [4.78, 5) is 21.2. The van der Waals surface area contributed by atoms with E-state index in [0.29, 0.717) is 23.5 Å². The number of carbonyl (C=O) groups excluding carboxylic acids is 1. The van der Waals surface area contributed by atoms with Gasteiger partial charge in [0.1, 0.15) is 5.56 Å². The largest absolute Gasteiger partial charge is 0.462 e. The van der Waals surface area contributed by atoms with Crippen molar-refractivity contribution in [2.24, 2.45) is 0 Å². The van der Waals surface area contributed by atoms with Gasteiger partial charge >= 0.3 is 5.97 Å². The number of carbonyl (C=O) groups is 1. The number of hydrogen-bond acceptors (Lipinski definition) is 5. The molecule has 0 aliphatic carbocycles. The number of unbranched alkanes of at least 4 members (excludes halogenated alkanes) is 1. The smallest absolute Gasteiger partial charge is 0.341 e. The van der Waals surface area contributed by atoms with Crippen molar-refractivity contribution in [3.05, 3.63) is 59.4 Å². The first-order chi connectivity index (χ1) is 13.1. The predicted octanol–water partition coefficient (Wildman–Crippen LogP) is 5.62. The average Bonchev–Trinajstić information content (AvgIpc) is 2.67. The molecule has 5 nitrogen and oxygen atoms in total. The topological polar surface area (TPSA) is 64.1 Å². The van der Waals surface area contributed by atoms with Crippen LogP contribution in [-0.2, 0) is 11.2 Å². The molecule has 3 rings (SSSR count). The Bertz CT molecular complexity index is 942. The van der Waals surface area contributed by atoms with Crippen molar-refractivity contribution in [1.82, 2.24) is 9.97 Å². The second kappa shape index (κ2) is 10.0. The molecule has 2 aromatic heterocycles. The molecule has 6 heteroatoms. The van der Waals surface area contributed by atoms with Crippen LogP contribution in [0.15, 0.2) is 42.6 Å². The van der Waals surface area contributed by atoms with E-state index < -0.39 is 5.97 Å². The lowest BCUT2D eigenvalue weighted by molar-refractivity contribution is 0.0527. The van der Waals surface area contributed by atoms with E-state index in [1.165, 1.54) is 24.6 Å². The van der Waals surface area contributed by atoms with Gasteiger partial charge in [-0.2, -0.15) is 0 Å². The van der Waals surface area contributed by atoms with Crippen LogP contribution in [0.3, 0.4) is 0 Å². The van der Waals surface area contributed by atoms with Crippen molar-refractivity contribution in [3.8, 4) is 0 Å². The zero-order valence-electron chi connectivity index (χ0n) is 16.5. The number of hydrogen-bond donors (Lipinski definition) is 1. The molecular formula is C22H26ClN3O2. The Kier molecular flexibility index (Phi) is 7.76. The lowest BCUT2D eigenvalue weighted by Crippen LogP contribution is -2.09. The number of aryl methyl sites for hydroxylation is 2. The molecule has 0 saturated heterocycles. The monoisotopic (exact) mass is 399 g/mol. The Labute approximate surface area is 172 Å². The van der Waals surface area contributed by atoms with Crippen LogP contribution in [0, 0.1) is 6.92 Å². The van der Waals surface area contributed by atoms with Crippen LogP contribution in [0.5, 0.6) is 0 Å². The summed E-state index contributed by atoms with van der Waals surface area (Å²) in [5, 5.41) is 4.17. The van der Waals surface area contributed by atoms with Gasteiger partial charge in [-0.25, -0.2) is 14.8 Å². The van der Waals surface area contributed by atoms with Gasteiger partial charge in [-0.1, -0.05) is 25.5 Å². The number of pyridine rings is 2. The number of anilines is 2. The van der Waals surface area contributed by atoms with Crippen molar-refractivity contribution in [2.75, 3.05) is 11.9 Å². The molecule has 0 radical (unpaired) electrons. The predicted molar refractivity (Wildman–Crippen MR) is 116 cm³/mol. The van der Waals surface area contributed by atoms with Crippen LogP contribution in [-0.4, -0.2) is 22.5 Å². The Morgan fingerprint density at radius 2 is 1.86 bits per heavy atom. The molecule has 1 aromatic carbocycles. The van der Waals surface area contributed by atoms with Gasteiger partial charge < -0.3 is 10.1 Å². The number of rotatable bonds is 7. The van der Waals surface area contributed by atoms with E-state index in [0.717, 1.165) is 23.2 Å². The molecule has 1 N–H and O–H groups in total. The number of benzene rings is 1. The van der Waals surface area contributed by atoms with Gasteiger partial charge in [-0.15, -0.1) is 12.4 Å². The van der Waals surface area contributed by atoms with Crippen LogP contribution < -0.4 is 5.32 Å². The molecule has 148 valence electrons. The minimum absolute atomic E-state index is 0. The van der Waals surface area contributed by atoms with Crippen molar-refractivity contribution in [3.63, 3.8) is 0 Å². The highest BCUT2D eigenvalue weighted by Gasteiger charge is 2.17. The normalized spacial score (nSPS) is 10.4. The summed E-state index contributed by atoms with van der Waals surface area (Å²) in [6.45, 7) is 6.22. The summed E-state index contributed by atoms with van der Waals surface area (Å²) in [5.74, 6) is -0.394. The van der Waals surface area contributed by atoms with Gasteiger partial charge in [-0.05, 0) is 56.5 Å². The third-order valence-corrected chi connectivity index (χ3v) is 4.41. The van der Waals surface area contributed by atoms with Crippen LogP contribution in [0.25, 0.3) is 11.0 Å². The highest BCUT2D eigenvalue weighted by molar-refractivity contribution is 6.05. The molecule has 0 atom stereocenters. The molecular weight excluding hydrogens is 374 g/mol. The zero-order chi connectivity index (χ0) is 19.2. The fourth-order valence-electron chi connectivity index (χ4n) is 2.95. The van der Waals surface area contributed by atoms with E-state index in [1.54, 1.807) is 6.92 Å². The third-order valence-electron chi connectivity index (χ3n) is 4.41. The second-order valence-corrected chi connectivity index (χ2v) is 6.52. The van der Waals surface area contributed by atoms with E-state index in [2.05, 4.69) is 34.3 Å². The molecule has 0 amide bonds. The molecule has 3 aromatic rings. The fraction of sp³-hybridized carbons (Fsp3) is 0.318. The molecule has 2 heterocycles.